The highest BCUT2D eigenvalue weighted by Gasteiger charge is 2.00. The Morgan fingerprint density at radius 1 is 1.14 bits per heavy atom. The second kappa shape index (κ2) is 2.54. The monoisotopic (exact) mass is 183 g/mol. The Bertz CT molecular complexity index is 610. The van der Waals surface area contributed by atoms with E-state index in [2.05, 4.69) is 46.4 Å². The number of aromatic nitrogens is 3. The van der Waals surface area contributed by atoms with Crippen LogP contribution in [0.1, 0.15) is 5.56 Å². The van der Waals surface area contributed by atoms with Gasteiger partial charge in [0.2, 0.25) is 0 Å². The van der Waals surface area contributed by atoms with Crippen molar-refractivity contribution in [1.82, 2.24) is 15.2 Å². The first-order valence-corrected chi connectivity index (χ1v) is 4.53. The summed E-state index contributed by atoms with van der Waals surface area (Å²) in [6.07, 6.45) is 1.79. The fraction of sp³-hybridized carbons (Fsp3) is 0.0909. The Hall–Kier alpha value is -1.90. The molecule has 0 atom stereocenters. The summed E-state index contributed by atoms with van der Waals surface area (Å²) in [5, 5.41) is 9.04. The molecule has 68 valence electrons. The van der Waals surface area contributed by atoms with Crippen LogP contribution >= 0.6 is 0 Å². The largest absolute Gasteiger partial charge is 0.261 e. The van der Waals surface area contributed by atoms with E-state index in [-0.39, 0.29) is 0 Å². The second-order valence-corrected chi connectivity index (χ2v) is 3.49. The van der Waals surface area contributed by atoms with Crippen LogP contribution in [0, 0.1) is 6.92 Å². The Morgan fingerprint density at radius 2 is 2.07 bits per heavy atom. The highest BCUT2D eigenvalue weighted by Crippen LogP contribution is 2.18. The average Bonchev–Trinajstić information content (AvgIpc) is 2.61. The van der Waals surface area contributed by atoms with Crippen molar-refractivity contribution < 1.29 is 0 Å². The molecule has 3 rings (SSSR count). The summed E-state index contributed by atoms with van der Waals surface area (Å²) in [7, 11) is 0. The van der Waals surface area contributed by atoms with Crippen molar-refractivity contribution in [3.8, 4) is 0 Å². The van der Waals surface area contributed by atoms with Gasteiger partial charge in [0.25, 0.3) is 0 Å². The van der Waals surface area contributed by atoms with Gasteiger partial charge < -0.3 is 0 Å². The zero-order valence-corrected chi connectivity index (χ0v) is 7.78. The topological polar surface area (TPSA) is 41.6 Å². The van der Waals surface area contributed by atoms with Crippen molar-refractivity contribution in [2.45, 2.75) is 6.92 Å². The minimum atomic E-state index is 0.850. The summed E-state index contributed by atoms with van der Waals surface area (Å²) < 4.78 is 0. The van der Waals surface area contributed by atoms with E-state index in [0.29, 0.717) is 0 Å². The van der Waals surface area contributed by atoms with Gasteiger partial charge in [-0.25, -0.2) is 4.98 Å². The van der Waals surface area contributed by atoms with Gasteiger partial charge in [-0.05, 0) is 24.6 Å². The quantitative estimate of drug-likeness (QED) is 0.581. The van der Waals surface area contributed by atoms with Gasteiger partial charge >= 0.3 is 0 Å². The normalized spacial score (nSPS) is 11.2. The van der Waals surface area contributed by atoms with Gasteiger partial charge in [-0.2, -0.15) is 5.10 Å². The predicted octanol–water partition coefficient (Wildman–Crippen LogP) is 2.42. The molecule has 0 fully saturated rings. The average molecular weight is 183 g/mol. The molecule has 0 amide bonds. The van der Waals surface area contributed by atoms with Crippen molar-refractivity contribution in [3.05, 3.63) is 36.0 Å². The maximum atomic E-state index is 4.48. The van der Waals surface area contributed by atoms with Crippen molar-refractivity contribution >= 4 is 21.9 Å². The second-order valence-electron chi connectivity index (χ2n) is 3.49. The first-order chi connectivity index (χ1) is 6.83. The van der Waals surface area contributed by atoms with Crippen LogP contribution in [0.4, 0.5) is 0 Å². The molecule has 0 bridgehead atoms. The summed E-state index contributed by atoms with van der Waals surface area (Å²) in [5.74, 6) is 0. The van der Waals surface area contributed by atoms with Crippen LogP contribution in [-0.2, 0) is 0 Å². The van der Waals surface area contributed by atoms with Gasteiger partial charge in [0.05, 0.1) is 11.7 Å². The maximum absolute atomic E-state index is 4.48. The summed E-state index contributed by atoms with van der Waals surface area (Å²) >= 11 is 0. The molecule has 1 N–H and O–H groups in total. The Kier molecular flexibility index (Phi) is 1.36. The van der Waals surface area contributed by atoms with Crippen molar-refractivity contribution in [2.24, 2.45) is 0 Å². The van der Waals surface area contributed by atoms with E-state index < -0.39 is 0 Å². The lowest BCUT2D eigenvalue weighted by Gasteiger charge is -1.98. The number of hydrogen-bond donors (Lipinski definition) is 1. The van der Waals surface area contributed by atoms with E-state index in [9.17, 15) is 0 Å². The summed E-state index contributed by atoms with van der Waals surface area (Å²) in [6, 6.07) is 8.36. The van der Waals surface area contributed by atoms with E-state index in [1.807, 2.05) is 0 Å². The molecule has 3 aromatic rings. The van der Waals surface area contributed by atoms with Crippen LogP contribution in [0.25, 0.3) is 21.9 Å². The van der Waals surface area contributed by atoms with Crippen LogP contribution in [0.15, 0.2) is 30.5 Å². The molecule has 0 saturated carbocycles. The standard InChI is InChI=1S/C11H9N3/c1-7-2-3-8-5-9-6-12-14-11(9)13-10(8)4-7/h2-6H,1H3,(H,12,13,14). The number of rotatable bonds is 0. The molecule has 0 aliphatic carbocycles. The molecule has 3 nitrogen and oxygen atoms in total. The van der Waals surface area contributed by atoms with Crippen LogP contribution in [0.3, 0.4) is 0 Å². The van der Waals surface area contributed by atoms with Crippen molar-refractivity contribution in [1.29, 1.82) is 0 Å². The maximum Gasteiger partial charge on any atom is 0.155 e. The SMILES string of the molecule is Cc1ccc2cc3cn[nH]c3nc2c1. The highest BCUT2D eigenvalue weighted by atomic mass is 15.1. The molecular weight excluding hydrogens is 174 g/mol. The number of hydrogen-bond acceptors (Lipinski definition) is 2. The fourth-order valence-corrected chi connectivity index (χ4v) is 1.64. The molecule has 0 unspecified atom stereocenters. The number of nitrogens with zero attached hydrogens (tertiary/aromatic N) is 2. The lowest BCUT2D eigenvalue weighted by molar-refractivity contribution is 1.10. The Labute approximate surface area is 80.8 Å². The van der Waals surface area contributed by atoms with E-state index in [0.717, 1.165) is 21.9 Å². The highest BCUT2D eigenvalue weighted by molar-refractivity contribution is 5.90. The van der Waals surface area contributed by atoms with Gasteiger partial charge in [-0.15, -0.1) is 0 Å². The fourth-order valence-electron chi connectivity index (χ4n) is 1.64. The third-order valence-corrected chi connectivity index (χ3v) is 2.38. The molecule has 0 spiro atoms. The molecule has 0 radical (unpaired) electrons. The molecule has 2 heterocycles. The molecule has 1 aromatic carbocycles. The molecule has 0 aliphatic heterocycles. The van der Waals surface area contributed by atoms with Gasteiger partial charge in [0.1, 0.15) is 0 Å². The van der Waals surface area contributed by atoms with Crippen LogP contribution in [-0.4, -0.2) is 15.2 Å². The lowest BCUT2D eigenvalue weighted by atomic mass is 10.1. The molecule has 0 aliphatic rings. The van der Waals surface area contributed by atoms with Gasteiger partial charge in [-0.3, -0.25) is 5.10 Å². The Morgan fingerprint density at radius 3 is 3.00 bits per heavy atom. The lowest BCUT2D eigenvalue weighted by Crippen LogP contribution is -1.81. The molecule has 3 heteroatoms. The summed E-state index contributed by atoms with van der Waals surface area (Å²) in [5.41, 5.74) is 3.09. The van der Waals surface area contributed by atoms with Gasteiger partial charge in [0.15, 0.2) is 5.65 Å². The first-order valence-electron chi connectivity index (χ1n) is 4.53. The number of nitrogens with one attached hydrogen (secondary N) is 1. The zero-order valence-electron chi connectivity index (χ0n) is 7.78. The summed E-state index contributed by atoms with van der Waals surface area (Å²) in [4.78, 5) is 4.48. The smallest absolute Gasteiger partial charge is 0.155 e. The first kappa shape index (κ1) is 7.50. The molecule has 0 saturated heterocycles. The van der Waals surface area contributed by atoms with E-state index >= 15 is 0 Å². The van der Waals surface area contributed by atoms with E-state index in [4.69, 9.17) is 0 Å². The zero-order chi connectivity index (χ0) is 9.54. The van der Waals surface area contributed by atoms with Gasteiger partial charge in [-0.1, -0.05) is 12.1 Å². The predicted molar refractivity (Wildman–Crippen MR) is 56.1 cm³/mol. The molecular formula is C11H9N3. The van der Waals surface area contributed by atoms with Crippen LogP contribution < -0.4 is 0 Å². The number of pyridine rings is 1. The van der Waals surface area contributed by atoms with Crippen LogP contribution in [0.5, 0.6) is 0 Å². The molecule has 2 aromatic heterocycles. The number of benzene rings is 1. The minimum Gasteiger partial charge on any atom is -0.261 e. The minimum absolute atomic E-state index is 0.850. The third kappa shape index (κ3) is 0.988. The summed E-state index contributed by atoms with van der Waals surface area (Å²) in [6.45, 7) is 2.07. The van der Waals surface area contributed by atoms with E-state index in [1.54, 1.807) is 6.20 Å². The van der Waals surface area contributed by atoms with Gasteiger partial charge in [0, 0.05) is 10.8 Å². The number of fused-ring (bicyclic) bond motifs is 2. The number of H-pyrrole nitrogens is 1. The number of aryl methyl sites for hydroxylation is 1. The Balaban J connectivity index is 2.50. The number of aromatic amines is 1. The van der Waals surface area contributed by atoms with E-state index in [1.165, 1.54) is 5.56 Å². The van der Waals surface area contributed by atoms with Crippen molar-refractivity contribution in [3.63, 3.8) is 0 Å². The van der Waals surface area contributed by atoms with Crippen LogP contribution in [0.2, 0.25) is 0 Å². The third-order valence-electron chi connectivity index (χ3n) is 2.38. The van der Waals surface area contributed by atoms with Crippen molar-refractivity contribution in [2.75, 3.05) is 0 Å². The molecule has 14 heavy (non-hydrogen) atoms.